The first kappa shape index (κ1) is 21.0. The molecule has 3 amide bonds. The van der Waals surface area contributed by atoms with Gasteiger partial charge in [0.2, 0.25) is 11.8 Å². The summed E-state index contributed by atoms with van der Waals surface area (Å²) in [7, 11) is 1.66. The molecular formula is C22H27N3O3S. The van der Waals surface area contributed by atoms with Crippen molar-refractivity contribution in [2.24, 2.45) is 5.92 Å². The molecule has 2 aromatic rings. The van der Waals surface area contributed by atoms with Gasteiger partial charge in [-0.05, 0) is 55.3 Å². The molecular weight excluding hydrogens is 386 g/mol. The molecule has 0 spiro atoms. The van der Waals surface area contributed by atoms with Crippen molar-refractivity contribution in [1.29, 1.82) is 0 Å². The number of aryl methyl sites for hydroxylation is 2. The van der Waals surface area contributed by atoms with Gasteiger partial charge < -0.3 is 15.1 Å². The Morgan fingerprint density at radius 2 is 1.90 bits per heavy atom. The Balaban J connectivity index is 1.49. The van der Waals surface area contributed by atoms with Crippen molar-refractivity contribution in [2.45, 2.75) is 26.7 Å². The normalized spacial score (nSPS) is 14.5. The number of anilines is 1. The van der Waals surface area contributed by atoms with Crippen molar-refractivity contribution in [1.82, 2.24) is 9.80 Å². The molecule has 6 nitrogen and oxygen atoms in total. The van der Waals surface area contributed by atoms with E-state index in [9.17, 15) is 14.4 Å². The molecule has 0 atom stereocenters. The van der Waals surface area contributed by atoms with Gasteiger partial charge in [-0.25, -0.2) is 0 Å². The first-order valence-corrected chi connectivity index (χ1v) is 10.7. The van der Waals surface area contributed by atoms with Gasteiger partial charge in [0, 0.05) is 31.7 Å². The number of hydrogen-bond donors (Lipinski definition) is 1. The molecule has 0 bridgehead atoms. The third-order valence-electron chi connectivity index (χ3n) is 5.29. The number of likely N-dealkylation sites (tertiary alicyclic amines) is 1. The van der Waals surface area contributed by atoms with Crippen LogP contribution in [0.5, 0.6) is 0 Å². The Morgan fingerprint density at radius 3 is 2.55 bits per heavy atom. The summed E-state index contributed by atoms with van der Waals surface area (Å²) in [6, 6.07) is 9.58. The monoisotopic (exact) mass is 413 g/mol. The Labute approximate surface area is 175 Å². The zero-order valence-corrected chi connectivity index (χ0v) is 17.9. The number of carbonyl (C=O) groups is 3. The highest BCUT2D eigenvalue weighted by Gasteiger charge is 2.30. The minimum atomic E-state index is -0.208. The van der Waals surface area contributed by atoms with Crippen LogP contribution in [-0.2, 0) is 9.59 Å². The van der Waals surface area contributed by atoms with Crippen LogP contribution < -0.4 is 5.32 Å². The number of likely N-dealkylation sites (N-methyl/N-ethyl adjacent to an activating group) is 1. The third kappa shape index (κ3) is 5.23. The maximum atomic E-state index is 12.8. The van der Waals surface area contributed by atoms with Crippen LogP contribution in [0.1, 0.15) is 33.6 Å². The number of thiophene rings is 1. The molecule has 0 aliphatic carbocycles. The van der Waals surface area contributed by atoms with Gasteiger partial charge in [-0.15, -0.1) is 11.3 Å². The molecule has 2 heterocycles. The summed E-state index contributed by atoms with van der Waals surface area (Å²) in [6.45, 7) is 5.06. The SMILES string of the molecule is Cc1ccc(C)c(NC(=O)CN(C)C(=O)C2CCN(C(=O)c3cccs3)CC2)c1. The molecule has 154 valence electrons. The van der Waals surface area contributed by atoms with E-state index in [2.05, 4.69) is 5.32 Å². The summed E-state index contributed by atoms with van der Waals surface area (Å²) in [5.74, 6) is -0.364. The molecule has 1 fully saturated rings. The molecule has 1 aliphatic heterocycles. The van der Waals surface area contributed by atoms with E-state index in [1.165, 1.54) is 16.2 Å². The highest BCUT2D eigenvalue weighted by atomic mass is 32.1. The molecule has 1 aliphatic rings. The molecule has 0 unspecified atom stereocenters. The van der Waals surface area contributed by atoms with E-state index < -0.39 is 0 Å². The highest BCUT2D eigenvalue weighted by molar-refractivity contribution is 7.12. The van der Waals surface area contributed by atoms with E-state index in [0.29, 0.717) is 25.9 Å². The van der Waals surface area contributed by atoms with Crippen LogP contribution in [0.15, 0.2) is 35.7 Å². The predicted molar refractivity (Wildman–Crippen MR) is 115 cm³/mol. The van der Waals surface area contributed by atoms with E-state index >= 15 is 0 Å². The number of carbonyl (C=O) groups excluding carboxylic acids is 3. The van der Waals surface area contributed by atoms with Crippen molar-refractivity contribution in [3.63, 3.8) is 0 Å². The zero-order valence-electron chi connectivity index (χ0n) is 17.1. The lowest BCUT2D eigenvalue weighted by Gasteiger charge is -2.33. The Kier molecular flexibility index (Phi) is 6.69. The van der Waals surface area contributed by atoms with Crippen LogP contribution in [0, 0.1) is 19.8 Å². The summed E-state index contributed by atoms with van der Waals surface area (Å²) in [5.41, 5.74) is 2.83. The fraction of sp³-hybridized carbons (Fsp3) is 0.409. The van der Waals surface area contributed by atoms with E-state index in [4.69, 9.17) is 0 Å². The smallest absolute Gasteiger partial charge is 0.263 e. The minimum Gasteiger partial charge on any atom is -0.338 e. The lowest BCUT2D eigenvalue weighted by molar-refractivity contribution is -0.138. The van der Waals surface area contributed by atoms with Crippen LogP contribution in [0.25, 0.3) is 0 Å². The number of rotatable bonds is 5. The van der Waals surface area contributed by atoms with Crippen LogP contribution >= 0.6 is 11.3 Å². The first-order chi connectivity index (χ1) is 13.8. The maximum absolute atomic E-state index is 12.8. The Hall–Kier alpha value is -2.67. The van der Waals surface area contributed by atoms with Crippen LogP contribution in [0.3, 0.4) is 0 Å². The number of piperidine rings is 1. The Bertz CT molecular complexity index is 887. The topological polar surface area (TPSA) is 69.7 Å². The van der Waals surface area contributed by atoms with Crippen LogP contribution in [0.2, 0.25) is 0 Å². The maximum Gasteiger partial charge on any atom is 0.263 e. The van der Waals surface area contributed by atoms with Crippen molar-refractivity contribution < 1.29 is 14.4 Å². The third-order valence-corrected chi connectivity index (χ3v) is 6.15. The van der Waals surface area contributed by atoms with Crippen molar-refractivity contribution in [3.05, 3.63) is 51.7 Å². The average molecular weight is 414 g/mol. The summed E-state index contributed by atoms with van der Waals surface area (Å²) >= 11 is 1.44. The molecule has 7 heteroatoms. The fourth-order valence-electron chi connectivity index (χ4n) is 3.55. The second-order valence-corrected chi connectivity index (χ2v) is 8.55. The van der Waals surface area contributed by atoms with Gasteiger partial charge in [-0.1, -0.05) is 18.2 Å². The van der Waals surface area contributed by atoms with Gasteiger partial charge in [-0.2, -0.15) is 0 Å². The highest BCUT2D eigenvalue weighted by Crippen LogP contribution is 2.22. The van der Waals surface area contributed by atoms with E-state index in [-0.39, 0.29) is 30.2 Å². The molecule has 1 aromatic carbocycles. The standard InChI is InChI=1S/C22H27N3O3S/c1-15-6-7-16(2)18(13-15)23-20(26)14-24(3)21(27)17-8-10-25(11-9-17)22(28)19-5-4-12-29-19/h4-7,12-13,17H,8-11,14H2,1-3H3,(H,23,26). The molecule has 0 radical (unpaired) electrons. The Morgan fingerprint density at radius 1 is 1.17 bits per heavy atom. The number of nitrogens with one attached hydrogen (secondary N) is 1. The van der Waals surface area contributed by atoms with Crippen molar-refractivity contribution >= 4 is 34.7 Å². The van der Waals surface area contributed by atoms with Gasteiger partial charge in [0.05, 0.1) is 11.4 Å². The molecule has 3 rings (SSSR count). The number of nitrogens with zero attached hydrogens (tertiary/aromatic N) is 2. The molecule has 0 saturated carbocycles. The second kappa shape index (κ2) is 9.22. The minimum absolute atomic E-state index is 0.0144. The van der Waals surface area contributed by atoms with Gasteiger partial charge in [0.15, 0.2) is 0 Å². The van der Waals surface area contributed by atoms with Crippen molar-refractivity contribution in [3.8, 4) is 0 Å². The molecule has 1 saturated heterocycles. The van der Waals surface area contributed by atoms with E-state index in [1.807, 2.05) is 54.5 Å². The van der Waals surface area contributed by atoms with Gasteiger partial charge >= 0.3 is 0 Å². The largest absolute Gasteiger partial charge is 0.338 e. The quantitative estimate of drug-likeness (QED) is 0.818. The molecule has 29 heavy (non-hydrogen) atoms. The van der Waals surface area contributed by atoms with E-state index in [0.717, 1.165) is 21.7 Å². The van der Waals surface area contributed by atoms with E-state index in [1.54, 1.807) is 7.05 Å². The van der Waals surface area contributed by atoms with Gasteiger partial charge in [0.1, 0.15) is 0 Å². The summed E-state index contributed by atoms with van der Waals surface area (Å²) in [6.07, 6.45) is 1.25. The molecule has 1 N–H and O–H groups in total. The van der Waals surface area contributed by atoms with Crippen LogP contribution in [0.4, 0.5) is 5.69 Å². The summed E-state index contributed by atoms with van der Waals surface area (Å²) in [4.78, 5) is 41.6. The van der Waals surface area contributed by atoms with Gasteiger partial charge in [0.25, 0.3) is 5.91 Å². The number of amides is 3. The number of benzene rings is 1. The average Bonchev–Trinajstić information content (AvgIpc) is 3.24. The predicted octanol–water partition coefficient (Wildman–Crippen LogP) is 3.31. The summed E-state index contributed by atoms with van der Waals surface area (Å²) < 4.78 is 0. The lowest BCUT2D eigenvalue weighted by Crippen LogP contribution is -2.44. The molecule has 1 aromatic heterocycles. The second-order valence-electron chi connectivity index (χ2n) is 7.60. The number of hydrogen-bond acceptors (Lipinski definition) is 4. The summed E-state index contributed by atoms with van der Waals surface area (Å²) in [5, 5.41) is 4.78. The van der Waals surface area contributed by atoms with Gasteiger partial charge in [-0.3, -0.25) is 14.4 Å². The van der Waals surface area contributed by atoms with Crippen LogP contribution in [-0.4, -0.2) is 54.2 Å². The zero-order chi connectivity index (χ0) is 21.0. The lowest BCUT2D eigenvalue weighted by atomic mass is 9.95. The fourth-order valence-corrected chi connectivity index (χ4v) is 4.24. The van der Waals surface area contributed by atoms with Crippen molar-refractivity contribution in [2.75, 3.05) is 32.0 Å². The first-order valence-electron chi connectivity index (χ1n) is 9.80.